The minimum absolute atomic E-state index is 0.118. The van der Waals surface area contributed by atoms with Gasteiger partial charge in [-0.3, -0.25) is 4.79 Å². The van der Waals surface area contributed by atoms with Gasteiger partial charge in [-0.05, 0) is 37.5 Å². The molecule has 1 aromatic rings. The van der Waals surface area contributed by atoms with Crippen LogP contribution in [0.4, 0.5) is 5.69 Å². The van der Waals surface area contributed by atoms with Crippen LogP contribution in [0.5, 0.6) is 0 Å². The molecule has 3 N–H and O–H groups in total. The van der Waals surface area contributed by atoms with Crippen LogP contribution in [0.1, 0.15) is 24.8 Å². The highest BCUT2D eigenvalue weighted by molar-refractivity contribution is 5.98. The van der Waals surface area contributed by atoms with Crippen molar-refractivity contribution in [2.45, 2.75) is 24.8 Å². The highest BCUT2D eigenvalue weighted by Gasteiger charge is 2.40. The van der Waals surface area contributed by atoms with E-state index in [1.807, 2.05) is 12.1 Å². The maximum atomic E-state index is 11.8. The summed E-state index contributed by atoms with van der Waals surface area (Å²) in [4.78, 5) is 11.8. The predicted octanol–water partition coefficient (Wildman–Crippen LogP) is 1.49. The van der Waals surface area contributed by atoms with Crippen molar-refractivity contribution >= 4 is 11.6 Å². The minimum atomic E-state index is -0.674. The Kier molecular flexibility index (Phi) is 2.67. The molecule has 1 aliphatic carbocycles. The second kappa shape index (κ2) is 3.99. The van der Waals surface area contributed by atoms with Gasteiger partial charge in [-0.15, -0.1) is 6.42 Å². The van der Waals surface area contributed by atoms with E-state index in [4.69, 9.17) is 12.2 Å². The largest absolute Gasteiger partial charge is 0.324 e. The van der Waals surface area contributed by atoms with Crippen LogP contribution < -0.4 is 11.1 Å². The Morgan fingerprint density at radius 3 is 2.81 bits per heavy atom. The molecule has 3 heteroatoms. The van der Waals surface area contributed by atoms with Gasteiger partial charge in [0.1, 0.15) is 0 Å². The smallest absolute Gasteiger partial charge is 0.244 e. The third-order valence-electron chi connectivity index (χ3n) is 2.99. The number of carbonyl (C=O) groups excluding carboxylic acids is 1. The minimum Gasteiger partial charge on any atom is -0.324 e. The number of amides is 1. The first kappa shape index (κ1) is 10.7. The molecule has 0 unspecified atom stereocenters. The zero-order valence-electron chi connectivity index (χ0n) is 8.99. The molecule has 82 valence electrons. The Bertz CT molecular complexity index is 455. The van der Waals surface area contributed by atoms with Crippen molar-refractivity contribution in [3.63, 3.8) is 0 Å². The zero-order valence-corrected chi connectivity index (χ0v) is 8.99. The summed E-state index contributed by atoms with van der Waals surface area (Å²) in [5.74, 6) is 2.41. The van der Waals surface area contributed by atoms with Gasteiger partial charge in [-0.2, -0.15) is 0 Å². The summed E-state index contributed by atoms with van der Waals surface area (Å²) >= 11 is 0. The molecular weight excluding hydrogens is 200 g/mol. The van der Waals surface area contributed by atoms with Crippen molar-refractivity contribution in [2.24, 2.45) is 5.73 Å². The van der Waals surface area contributed by atoms with E-state index in [1.165, 1.54) is 0 Å². The number of carbonyl (C=O) groups is 1. The predicted molar refractivity (Wildman–Crippen MR) is 63.8 cm³/mol. The van der Waals surface area contributed by atoms with E-state index in [0.29, 0.717) is 5.69 Å². The molecule has 1 amide bonds. The van der Waals surface area contributed by atoms with Crippen LogP contribution in [0.15, 0.2) is 24.3 Å². The van der Waals surface area contributed by atoms with E-state index in [2.05, 4.69) is 11.2 Å². The maximum Gasteiger partial charge on any atom is 0.244 e. The fraction of sp³-hybridized carbons (Fsp3) is 0.308. The van der Waals surface area contributed by atoms with Gasteiger partial charge in [-0.25, -0.2) is 0 Å². The van der Waals surface area contributed by atoms with Crippen LogP contribution in [-0.4, -0.2) is 11.4 Å². The average molecular weight is 214 g/mol. The second-order valence-electron chi connectivity index (χ2n) is 4.19. The number of hydrogen-bond acceptors (Lipinski definition) is 2. The molecular formula is C13H14N2O. The number of rotatable bonds is 2. The molecule has 2 rings (SSSR count). The van der Waals surface area contributed by atoms with Crippen molar-refractivity contribution < 1.29 is 4.79 Å². The number of terminal acetylenes is 1. The lowest BCUT2D eigenvalue weighted by Crippen LogP contribution is -2.56. The Morgan fingerprint density at radius 1 is 1.50 bits per heavy atom. The van der Waals surface area contributed by atoms with Crippen LogP contribution >= 0.6 is 0 Å². The van der Waals surface area contributed by atoms with Crippen LogP contribution in [0.2, 0.25) is 0 Å². The fourth-order valence-electron chi connectivity index (χ4n) is 1.73. The molecule has 0 aliphatic heterocycles. The molecule has 16 heavy (non-hydrogen) atoms. The molecule has 0 saturated heterocycles. The van der Waals surface area contributed by atoms with Crippen molar-refractivity contribution in [3.05, 3.63) is 29.8 Å². The Hall–Kier alpha value is -1.79. The van der Waals surface area contributed by atoms with Crippen molar-refractivity contribution in [1.29, 1.82) is 0 Å². The number of nitrogens with two attached hydrogens (primary N) is 1. The number of nitrogens with one attached hydrogen (secondary N) is 1. The first-order chi connectivity index (χ1) is 7.64. The third-order valence-corrected chi connectivity index (χ3v) is 2.99. The first-order valence-corrected chi connectivity index (χ1v) is 5.31. The van der Waals surface area contributed by atoms with E-state index < -0.39 is 5.54 Å². The van der Waals surface area contributed by atoms with Crippen LogP contribution in [-0.2, 0) is 4.79 Å². The van der Waals surface area contributed by atoms with Crippen LogP contribution in [0, 0.1) is 12.3 Å². The van der Waals surface area contributed by atoms with Crippen LogP contribution in [0.25, 0.3) is 0 Å². The number of benzene rings is 1. The van der Waals surface area contributed by atoms with Crippen molar-refractivity contribution in [3.8, 4) is 12.3 Å². The molecule has 0 atom stereocenters. The molecule has 0 radical (unpaired) electrons. The van der Waals surface area contributed by atoms with Gasteiger partial charge < -0.3 is 11.1 Å². The van der Waals surface area contributed by atoms with E-state index in [-0.39, 0.29) is 5.91 Å². The second-order valence-corrected chi connectivity index (χ2v) is 4.19. The van der Waals surface area contributed by atoms with Gasteiger partial charge in [-0.1, -0.05) is 12.0 Å². The molecule has 0 spiro atoms. The summed E-state index contributed by atoms with van der Waals surface area (Å²) in [6.07, 6.45) is 7.82. The molecule has 1 fully saturated rings. The molecule has 1 aliphatic rings. The van der Waals surface area contributed by atoms with Gasteiger partial charge >= 0.3 is 0 Å². The summed E-state index contributed by atoms with van der Waals surface area (Å²) in [6, 6.07) is 7.20. The quantitative estimate of drug-likeness (QED) is 0.733. The van der Waals surface area contributed by atoms with Gasteiger partial charge in [0, 0.05) is 11.3 Å². The fourth-order valence-corrected chi connectivity index (χ4v) is 1.73. The Labute approximate surface area is 95.0 Å². The first-order valence-electron chi connectivity index (χ1n) is 5.31. The highest BCUT2D eigenvalue weighted by Crippen LogP contribution is 2.30. The lowest BCUT2D eigenvalue weighted by molar-refractivity contribution is -0.123. The molecule has 0 heterocycles. The zero-order chi connectivity index (χ0) is 11.6. The van der Waals surface area contributed by atoms with E-state index >= 15 is 0 Å². The van der Waals surface area contributed by atoms with Gasteiger partial charge in [0.15, 0.2) is 0 Å². The normalized spacial score (nSPS) is 17.0. The summed E-state index contributed by atoms with van der Waals surface area (Å²) in [5, 5.41) is 2.80. The summed E-state index contributed by atoms with van der Waals surface area (Å²) in [6.45, 7) is 0. The summed E-state index contributed by atoms with van der Waals surface area (Å²) in [5.41, 5.74) is 6.69. The molecule has 1 aromatic carbocycles. The number of hydrogen-bond donors (Lipinski definition) is 2. The Balaban J connectivity index is 2.09. The monoisotopic (exact) mass is 214 g/mol. The molecule has 1 saturated carbocycles. The summed E-state index contributed by atoms with van der Waals surface area (Å²) in [7, 11) is 0. The van der Waals surface area contributed by atoms with Gasteiger partial charge in [0.25, 0.3) is 0 Å². The average Bonchev–Trinajstić information content (AvgIpc) is 2.26. The van der Waals surface area contributed by atoms with Gasteiger partial charge in [0.05, 0.1) is 5.54 Å². The topological polar surface area (TPSA) is 55.1 Å². The van der Waals surface area contributed by atoms with Crippen LogP contribution in [0.3, 0.4) is 0 Å². The maximum absolute atomic E-state index is 11.8. The number of anilines is 1. The van der Waals surface area contributed by atoms with Gasteiger partial charge in [0.2, 0.25) is 5.91 Å². The van der Waals surface area contributed by atoms with Crippen molar-refractivity contribution in [1.82, 2.24) is 0 Å². The third kappa shape index (κ3) is 1.93. The molecule has 3 nitrogen and oxygen atoms in total. The molecule has 0 bridgehead atoms. The SMILES string of the molecule is C#Cc1cccc(NC(=O)C2(N)CCC2)c1. The van der Waals surface area contributed by atoms with Crippen molar-refractivity contribution in [2.75, 3.05) is 5.32 Å². The standard InChI is InChI=1S/C13H14N2O/c1-2-10-5-3-6-11(9-10)15-12(16)13(14)7-4-8-13/h1,3,5-6,9H,4,7-8,14H2,(H,15,16). The Morgan fingerprint density at radius 2 is 2.25 bits per heavy atom. The highest BCUT2D eigenvalue weighted by atomic mass is 16.2. The van der Waals surface area contributed by atoms with E-state index in [9.17, 15) is 4.79 Å². The van der Waals surface area contributed by atoms with E-state index in [1.54, 1.807) is 12.1 Å². The summed E-state index contributed by atoms with van der Waals surface area (Å²) < 4.78 is 0. The van der Waals surface area contributed by atoms with E-state index in [0.717, 1.165) is 24.8 Å². The lowest BCUT2D eigenvalue weighted by atomic mass is 9.77. The lowest BCUT2D eigenvalue weighted by Gasteiger charge is -2.36. The molecule has 0 aromatic heterocycles.